The van der Waals surface area contributed by atoms with E-state index >= 15 is 0 Å². The van der Waals surface area contributed by atoms with Crippen molar-refractivity contribution in [3.63, 3.8) is 0 Å². The first-order chi connectivity index (χ1) is 13.6. The summed E-state index contributed by atoms with van der Waals surface area (Å²) >= 11 is 5.93. The number of fused-ring (bicyclic) bond motifs is 1. The predicted octanol–water partition coefficient (Wildman–Crippen LogP) is 2.65. The zero-order chi connectivity index (χ0) is 19.3. The number of hydrogen-bond donors (Lipinski definition) is 1. The molecule has 2 aliphatic rings. The summed E-state index contributed by atoms with van der Waals surface area (Å²) in [5, 5.41) is 14.8. The fraction of sp³-hybridized carbons (Fsp3) is 0.250. The zero-order valence-electron chi connectivity index (χ0n) is 15.0. The molecule has 1 atom stereocenters. The monoisotopic (exact) mass is 395 g/mol. The van der Waals surface area contributed by atoms with E-state index in [1.807, 2.05) is 35.4 Å². The van der Waals surface area contributed by atoms with Gasteiger partial charge in [0.2, 0.25) is 0 Å². The highest BCUT2D eigenvalue weighted by Gasteiger charge is 2.32. The van der Waals surface area contributed by atoms with E-state index in [0.717, 1.165) is 35.7 Å². The molecule has 0 unspecified atom stereocenters. The minimum atomic E-state index is -0.297. The third-order valence-corrected chi connectivity index (χ3v) is 5.44. The molecule has 4 heterocycles. The first-order valence-corrected chi connectivity index (χ1v) is 9.52. The summed E-state index contributed by atoms with van der Waals surface area (Å²) in [6.45, 7) is 1.85. The van der Waals surface area contributed by atoms with E-state index in [1.165, 1.54) is 0 Å². The molecule has 3 aromatic rings. The summed E-state index contributed by atoms with van der Waals surface area (Å²) in [5.41, 5.74) is 2.94. The highest BCUT2D eigenvalue weighted by molar-refractivity contribution is 6.30. The molecule has 1 fully saturated rings. The average molecular weight is 396 g/mol. The molecule has 28 heavy (non-hydrogen) atoms. The lowest BCUT2D eigenvalue weighted by atomic mass is 10.3. The summed E-state index contributed by atoms with van der Waals surface area (Å²) in [6.07, 6.45) is 4.04. The summed E-state index contributed by atoms with van der Waals surface area (Å²) in [4.78, 5) is 21.0. The van der Waals surface area contributed by atoms with Crippen LogP contribution in [0.2, 0.25) is 5.02 Å². The van der Waals surface area contributed by atoms with Gasteiger partial charge in [0, 0.05) is 29.9 Å². The molecule has 5 rings (SSSR count). The van der Waals surface area contributed by atoms with Crippen LogP contribution < -0.4 is 9.80 Å². The summed E-state index contributed by atoms with van der Waals surface area (Å²) in [7, 11) is 0. The normalized spacial score (nSPS) is 18.8. The first-order valence-electron chi connectivity index (χ1n) is 9.14. The van der Waals surface area contributed by atoms with Gasteiger partial charge in [0.1, 0.15) is 5.82 Å². The van der Waals surface area contributed by atoms with Gasteiger partial charge in [0.25, 0.3) is 5.91 Å². The lowest BCUT2D eigenvalue weighted by Gasteiger charge is -2.19. The largest absolute Gasteiger partial charge is 0.391 e. The maximum Gasteiger partial charge on any atom is 0.279 e. The average Bonchev–Trinajstić information content (AvgIpc) is 3.39. The van der Waals surface area contributed by atoms with Crippen LogP contribution in [0.1, 0.15) is 22.5 Å². The summed E-state index contributed by atoms with van der Waals surface area (Å²) in [5.74, 6) is 0.687. The molecular weight excluding hydrogens is 378 g/mol. The summed E-state index contributed by atoms with van der Waals surface area (Å²) < 4.78 is 1.70. The number of nitrogens with zero attached hydrogens (tertiary/aromatic N) is 5. The van der Waals surface area contributed by atoms with E-state index in [2.05, 4.69) is 10.1 Å². The van der Waals surface area contributed by atoms with E-state index in [-0.39, 0.29) is 12.0 Å². The number of β-amino-alcohol motifs (C(OH)–C–C–N with tert-alkyl or cyclic N) is 1. The number of rotatable bonds is 3. The van der Waals surface area contributed by atoms with Crippen LogP contribution >= 0.6 is 11.6 Å². The van der Waals surface area contributed by atoms with E-state index < -0.39 is 0 Å². The minimum Gasteiger partial charge on any atom is -0.391 e. The van der Waals surface area contributed by atoms with Crippen molar-refractivity contribution in [3.8, 4) is 5.69 Å². The Morgan fingerprint density at radius 3 is 2.54 bits per heavy atom. The maximum absolute atomic E-state index is 12.8. The molecule has 0 aliphatic carbocycles. The van der Waals surface area contributed by atoms with Crippen LogP contribution in [-0.2, 0) is 6.54 Å². The van der Waals surface area contributed by atoms with E-state index in [9.17, 15) is 9.90 Å². The number of halogens is 1. The lowest BCUT2D eigenvalue weighted by Crippen LogP contribution is -2.25. The number of hydrogen-bond acceptors (Lipinski definition) is 5. The Labute approximate surface area is 166 Å². The second-order valence-electron chi connectivity index (χ2n) is 7.08. The fourth-order valence-corrected chi connectivity index (χ4v) is 3.81. The molecule has 2 aliphatic heterocycles. The van der Waals surface area contributed by atoms with Crippen LogP contribution in [-0.4, -0.2) is 45.0 Å². The number of aromatic nitrogens is 3. The summed E-state index contributed by atoms with van der Waals surface area (Å²) in [6, 6.07) is 11.1. The Morgan fingerprint density at radius 2 is 1.89 bits per heavy atom. The molecule has 1 aromatic carbocycles. The van der Waals surface area contributed by atoms with Gasteiger partial charge in [0.05, 0.1) is 30.2 Å². The molecule has 0 radical (unpaired) electrons. The third kappa shape index (κ3) is 2.93. The van der Waals surface area contributed by atoms with Gasteiger partial charge in [-0.25, -0.2) is 9.67 Å². The Hall–Kier alpha value is -2.90. The Bertz CT molecular complexity index is 1030. The third-order valence-electron chi connectivity index (χ3n) is 5.19. The van der Waals surface area contributed by atoms with Crippen molar-refractivity contribution in [1.82, 2.24) is 14.8 Å². The topological polar surface area (TPSA) is 74.5 Å². The van der Waals surface area contributed by atoms with E-state index in [4.69, 9.17) is 11.6 Å². The van der Waals surface area contributed by atoms with Crippen molar-refractivity contribution in [2.75, 3.05) is 22.9 Å². The van der Waals surface area contributed by atoms with Gasteiger partial charge in [-0.15, -0.1) is 0 Å². The first kappa shape index (κ1) is 17.2. The smallest absolute Gasteiger partial charge is 0.279 e. The van der Waals surface area contributed by atoms with Crippen LogP contribution in [0, 0.1) is 0 Å². The molecule has 1 N–H and O–H groups in total. The number of aliphatic hydroxyl groups is 1. The van der Waals surface area contributed by atoms with Crippen LogP contribution in [0.3, 0.4) is 0 Å². The number of carbonyl (C=O) groups is 1. The second-order valence-corrected chi connectivity index (χ2v) is 7.51. The van der Waals surface area contributed by atoms with Crippen LogP contribution in [0.25, 0.3) is 5.69 Å². The van der Waals surface area contributed by atoms with Crippen molar-refractivity contribution in [1.29, 1.82) is 0 Å². The van der Waals surface area contributed by atoms with Gasteiger partial charge in [-0.05, 0) is 42.8 Å². The standard InChI is InChI=1S/C20H18ClN5O2/c21-14-1-3-15(4-2-14)26-11-13-10-25(20(28)19(13)23-26)16-5-6-18(22-9-16)24-8-7-17(27)12-24/h1-6,9,11,17,27H,7-8,10,12H2/t17-/m1/s1. The Kier molecular flexibility index (Phi) is 4.07. The zero-order valence-corrected chi connectivity index (χ0v) is 15.8. The van der Waals surface area contributed by atoms with Gasteiger partial charge in [0.15, 0.2) is 5.69 Å². The van der Waals surface area contributed by atoms with Crippen molar-refractivity contribution in [2.24, 2.45) is 0 Å². The van der Waals surface area contributed by atoms with Gasteiger partial charge >= 0.3 is 0 Å². The molecule has 0 bridgehead atoms. The SMILES string of the molecule is O=C1c2nn(-c3ccc(Cl)cc3)cc2CN1c1ccc(N2CC[C@@H](O)C2)nc1. The van der Waals surface area contributed by atoms with E-state index in [0.29, 0.717) is 23.8 Å². The molecule has 142 valence electrons. The van der Waals surface area contributed by atoms with Gasteiger partial charge in [-0.2, -0.15) is 5.10 Å². The van der Waals surface area contributed by atoms with Crippen molar-refractivity contribution in [2.45, 2.75) is 19.1 Å². The molecule has 8 heteroatoms. The molecule has 0 spiro atoms. The lowest BCUT2D eigenvalue weighted by molar-refractivity contribution is 0.0991. The fourth-order valence-electron chi connectivity index (χ4n) is 3.68. The quantitative estimate of drug-likeness (QED) is 0.738. The number of benzene rings is 1. The highest BCUT2D eigenvalue weighted by atomic mass is 35.5. The maximum atomic E-state index is 12.8. The molecule has 2 aromatic heterocycles. The Balaban J connectivity index is 1.35. The molecule has 7 nitrogen and oxygen atoms in total. The predicted molar refractivity (Wildman–Crippen MR) is 106 cm³/mol. The number of anilines is 2. The molecule has 1 saturated heterocycles. The van der Waals surface area contributed by atoms with Crippen molar-refractivity contribution < 1.29 is 9.90 Å². The van der Waals surface area contributed by atoms with E-state index in [1.54, 1.807) is 27.9 Å². The van der Waals surface area contributed by atoms with Gasteiger partial charge < -0.3 is 14.9 Å². The minimum absolute atomic E-state index is 0.131. The molecule has 1 amide bonds. The van der Waals surface area contributed by atoms with Crippen molar-refractivity contribution in [3.05, 3.63) is 65.1 Å². The van der Waals surface area contributed by atoms with Crippen LogP contribution in [0.4, 0.5) is 11.5 Å². The number of amides is 1. The van der Waals surface area contributed by atoms with Crippen LogP contribution in [0.5, 0.6) is 0 Å². The second kappa shape index (κ2) is 6.61. The highest BCUT2D eigenvalue weighted by Crippen LogP contribution is 2.29. The van der Waals surface area contributed by atoms with Crippen molar-refractivity contribution >= 4 is 29.0 Å². The number of aliphatic hydroxyl groups excluding tert-OH is 1. The van der Waals surface area contributed by atoms with Gasteiger partial charge in [-0.1, -0.05) is 11.6 Å². The number of pyridine rings is 1. The number of carbonyl (C=O) groups excluding carboxylic acids is 1. The molecule has 0 saturated carbocycles. The van der Waals surface area contributed by atoms with Crippen LogP contribution in [0.15, 0.2) is 48.8 Å². The Morgan fingerprint density at radius 1 is 1.11 bits per heavy atom. The van der Waals surface area contributed by atoms with Gasteiger partial charge in [-0.3, -0.25) is 4.79 Å². The molecular formula is C20H18ClN5O2.